The van der Waals surface area contributed by atoms with Crippen LogP contribution in [-0.2, 0) is 4.79 Å². The van der Waals surface area contributed by atoms with Crippen LogP contribution in [0.2, 0.25) is 0 Å². The van der Waals surface area contributed by atoms with Crippen LogP contribution in [0, 0.1) is 0 Å². The van der Waals surface area contributed by atoms with Crippen molar-refractivity contribution in [1.82, 2.24) is 10.2 Å². The maximum absolute atomic E-state index is 9.91. The topological polar surface area (TPSA) is 32.3 Å². The van der Waals surface area contributed by atoms with Crippen LogP contribution in [-0.4, -0.2) is 43.9 Å². The van der Waals surface area contributed by atoms with Gasteiger partial charge >= 0.3 is 0 Å². The first-order valence-electron chi connectivity index (χ1n) is 4.03. The van der Waals surface area contributed by atoms with Crippen LogP contribution in [0.15, 0.2) is 0 Å². The zero-order valence-electron chi connectivity index (χ0n) is 7.63. The van der Waals surface area contributed by atoms with Crippen LogP contribution < -0.4 is 5.32 Å². The number of carbonyl (C=O) groups excluding carboxylic acids is 1. The highest BCUT2D eigenvalue weighted by Crippen LogP contribution is 1.90. The number of hydrogen-bond acceptors (Lipinski definition) is 3. The van der Waals surface area contributed by atoms with Crippen molar-refractivity contribution >= 4 is 6.29 Å². The third kappa shape index (κ3) is 6.01. The van der Waals surface area contributed by atoms with Crippen LogP contribution in [0.1, 0.15) is 13.8 Å². The monoisotopic (exact) mass is 158 g/mol. The van der Waals surface area contributed by atoms with Gasteiger partial charge in [-0.25, -0.2) is 0 Å². The molecular formula is C8H18N2O. The van der Waals surface area contributed by atoms with Crippen LogP contribution in [0.5, 0.6) is 0 Å². The van der Waals surface area contributed by atoms with Gasteiger partial charge in [0.25, 0.3) is 0 Å². The van der Waals surface area contributed by atoms with Gasteiger partial charge in [-0.1, -0.05) is 0 Å². The smallest absolute Gasteiger partial charge is 0.133 e. The average Bonchev–Trinajstić information content (AvgIpc) is 1.97. The van der Waals surface area contributed by atoms with Crippen molar-refractivity contribution in [2.45, 2.75) is 19.9 Å². The van der Waals surface area contributed by atoms with Crippen LogP contribution in [0.4, 0.5) is 0 Å². The Morgan fingerprint density at radius 1 is 1.55 bits per heavy atom. The lowest BCUT2D eigenvalue weighted by Gasteiger charge is -2.20. The van der Waals surface area contributed by atoms with Crippen molar-refractivity contribution in [2.75, 3.05) is 26.7 Å². The van der Waals surface area contributed by atoms with E-state index in [4.69, 9.17) is 0 Å². The summed E-state index contributed by atoms with van der Waals surface area (Å²) in [5.74, 6) is 0. The minimum atomic E-state index is 0.464. The first-order chi connectivity index (χ1) is 5.18. The van der Waals surface area contributed by atoms with Crippen molar-refractivity contribution in [1.29, 1.82) is 0 Å². The van der Waals surface area contributed by atoms with E-state index < -0.39 is 0 Å². The molecule has 0 atom stereocenters. The fourth-order valence-electron chi connectivity index (χ4n) is 0.675. The Hall–Kier alpha value is -0.410. The molecule has 0 unspecified atom stereocenters. The van der Waals surface area contributed by atoms with Crippen molar-refractivity contribution in [2.24, 2.45) is 0 Å². The number of carbonyl (C=O) groups is 1. The quantitative estimate of drug-likeness (QED) is 0.440. The number of likely N-dealkylation sites (N-methyl/N-ethyl adjacent to an activating group) is 1. The molecular weight excluding hydrogens is 140 g/mol. The molecule has 0 bridgehead atoms. The van der Waals surface area contributed by atoms with Crippen molar-refractivity contribution in [3.63, 3.8) is 0 Å². The second-order valence-corrected chi connectivity index (χ2v) is 2.95. The lowest BCUT2D eigenvalue weighted by molar-refractivity contribution is -0.107. The number of nitrogens with zero attached hydrogens (tertiary/aromatic N) is 1. The molecule has 0 spiro atoms. The highest BCUT2D eigenvalue weighted by atomic mass is 16.1. The van der Waals surface area contributed by atoms with E-state index in [1.54, 1.807) is 0 Å². The molecule has 3 heteroatoms. The fraction of sp³-hybridized carbons (Fsp3) is 0.875. The van der Waals surface area contributed by atoms with Gasteiger partial charge in [0, 0.05) is 19.1 Å². The Balaban J connectivity index is 3.17. The molecule has 0 aromatic rings. The molecule has 0 saturated heterocycles. The summed E-state index contributed by atoms with van der Waals surface area (Å²) in [6.45, 7) is 6.64. The normalized spacial score (nSPS) is 11.0. The molecule has 0 radical (unpaired) electrons. The Labute approximate surface area is 68.8 Å². The second-order valence-electron chi connectivity index (χ2n) is 2.95. The standard InChI is InChI=1S/C8H18N2O/c1-8(2)10(3)6-4-9-5-7-11/h7-9H,4-6H2,1-3H3. The third-order valence-electron chi connectivity index (χ3n) is 1.75. The van der Waals surface area contributed by atoms with Crippen molar-refractivity contribution in [3.05, 3.63) is 0 Å². The molecule has 0 aliphatic carbocycles. The van der Waals surface area contributed by atoms with E-state index in [0.717, 1.165) is 19.4 Å². The lowest BCUT2D eigenvalue weighted by Crippen LogP contribution is -2.34. The van der Waals surface area contributed by atoms with Gasteiger partial charge in [-0.2, -0.15) is 0 Å². The molecule has 0 aromatic carbocycles. The van der Waals surface area contributed by atoms with Gasteiger partial charge in [0.05, 0.1) is 6.54 Å². The van der Waals surface area contributed by atoms with E-state index in [2.05, 4.69) is 31.1 Å². The minimum absolute atomic E-state index is 0.464. The van der Waals surface area contributed by atoms with Gasteiger partial charge in [-0.05, 0) is 20.9 Å². The summed E-state index contributed by atoms with van der Waals surface area (Å²) < 4.78 is 0. The summed E-state index contributed by atoms with van der Waals surface area (Å²) in [5.41, 5.74) is 0. The first kappa shape index (κ1) is 10.6. The summed E-state index contributed by atoms with van der Waals surface area (Å²) in [7, 11) is 2.08. The summed E-state index contributed by atoms with van der Waals surface area (Å²) in [6, 6.07) is 0.577. The van der Waals surface area contributed by atoms with Gasteiger partial charge in [0.15, 0.2) is 0 Å². The lowest BCUT2D eigenvalue weighted by atomic mass is 10.3. The van der Waals surface area contributed by atoms with E-state index in [0.29, 0.717) is 12.6 Å². The second kappa shape index (κ2) is 6.31. The SMILES string of the molecule is CC(C)N(C)CCNCC=O. The van der Waals surface area contributed by atoms with Crippen LogP contribution in [0.25, 0.3) is 0 Å². The first-order valence-corrected chi connectivity index (χ1v) is 4.03. The molecule has 11 heavy (non-hydrogen) atoms. The van der Waals surface area contributed by atoms with Gasteiger partial charge in [-0.15, -0.1) is 0 Å². The molecule has 0 aliphatic heterocycles. The zero-order chi connectivity index (χ0) is 8.69. The number of hydrogen-bond donors (Lipinski definition) is 1. The van der Waals surface area contributed by atoms with E-state index in [9.17, 15) is 4.79 Å². The molecule has 0 aromatic heterocycles. The molecule has 0 rings (SSSR count). The summed E-state index contributed by atoms with van der Waals surface area (Å²) in [6.07, 6.45) is 0.884. The Morgan fingerprint density at radius 3 is 2.64 bits per heavy atom. The summed E-state index contributed by atoms with van der Waals surface area (Å²) >= 11 is 0. The Kier molecular flexibility index (Phi) is 6.07. The molecule has 0 saturated carbocycles. The predicted molar refractivity (Wildman–Crippen MR) is 46.7 cm³/mol. The Morgan fingerprint density at radius 2 is 2.18 bits per heavy atom. The highest BCUT2D eigenvalue weighted by Gasteiger charge is 2.00. The fourth-order valence-corrected chi connectivity index (χ4v) is 0.675. The summed E-state index contributed by atoms with van der Waals surface area (Å²) in [5, 5.41) is 3.01. The molecule has 3 nitrogen and oxygen atoms in total. The maximum Gasteiger partial charge on any atom is 0.133 e. The molecule has 1 N–H and O–H groups in total. The van der Waals surface area contributed by atoms with E-state index in [1.165, 1.54) is 0 Å². The maximum atomic E-state index is 9.91. The molecule has 0 heterocycles. The van der Waals surface area contributed by atoms with E-state index in [-0.39, 0.29) is 0 Å². The highest BCUT2D eigenvalue weighted by molar-refractivity contribution is 5.51. The van der Waals surface area contributed by atoms with Crippen molar-refractivity contribution in [3.8, 4) is 0 Å². The van der Waals surface area contributed by atoms with Gasteiger partial charge in [0.1, 0.15) is 6.29 Å². The van der Waals surface area contributed by atoms with E-state index in [1.807, 2.05) is 0 Å². The van der Waals surface area contributed by atoms with E-state index >= 15 is 0 Å². The van der Waals surface area contributed by atoms with Crippen LogP contribution >= 0.6 is 0 Å². The minimum Gasteiger partial charge on any atom is -0.309 e. The Bertz CT molecular complexity index is 104. The third-order valence-corrected chi connectivity index (χ3v) is 1.75. The molecule has 66 valence electrons. The molecule has 0 fully saturated rings. The van der Waals surface area contributed by atoms with Gasteiger partial charge < -0.3 is 15.0 Å². The molecule has 0 amide bonds. The van der Waals surface area contributed by atoms with Crippen LogP contribution in [0.3, 0.4) is 0 Å². The average molecular weight is 158 g/mol. The van der Waals surface area contributed by atoms with Gasteiger partial charge in [0.2, 0.25) is 0 Å². The predicted octanol–water partition coefficient (Wildman–Crippen LogP) is 0.115. The number of aldehydes is 1. The number of rotatable bonds is 6. The molecule has 0 aliphatic rings. The summed E-state index contributed by atoms with van der Waals surface area (Å²) in [4.78, 5) is 12.1. The largest absolute Gasteiger partial charge is 0.309 e. The zero-order valence-corrected chi connectivity index (χ0v) is 7.63. The number of nitrogens with one attached hydrogen (secondary N) is 1. The van der Waals surface area contributed by atoms with Gasteiger partial charge in [-0.3, -0.25) is 0 Å². The van der Waals surface area contributed by atoms with Crippen molar-refractivity contribution < 1.29 is 4.79 Å².